The standard InChI is InChI=1S/C7H14O5/c1-3(8)5-6(11-2)4(9)7(10)12-5/h3-10H,1-2H3/t3-,4+,5-,6-,7-/m0/s1. The first-order chi connectivity index (χ1) is 5.57. The molecule has 0 aromatic heterocycles. The molecule has 12 heavy (non-hydrogen) atoms. The molecule has 1 aliphatic heterocycles. The Kier molecular flexibility index (Phi) is 3.03. The van der Waals surface area contributed by atoms with Crippen molar-refractivity contribution in [3.63, 3.8) is 0 Å². The summed E-state index contributed by atoms with van der Waals surface area (Å²) in [6.07, 6.45) is -4.47. The third kappa shape index (κ3) is 1.60. The third-order valence-corrected chi connectivity index (χ3v) is 2.00. The molecule has 5 atom stereocenters. The van der Waals surface area contributed by atoms with Crippen LogP contribution in [0.25, 0.3) is 0 Å². The molecular weight excluding hydrogens is 164 g/mol. The molecular formula is C7H14O5. The molecule has 0 saturated carbocycles. The Morgan fingerprint density at radius 2 is 2.00 bits per heavy atom. The molecule has 5 heteroatoms. The van der Waals surface area contributed by atoms with E-state index >= 15 is 0 Å². The number of hydrogen-bond donors (Lipinski definition) is 3. The average Bonchev–Trinajstić information content (AvgIpc) is 2.29. The largest absolute Gasteiger partial charge is 0.391 e. The predicted octanol–water partition coefficient (Wildman–Crippen LogP) is -1.54. The summed E-state index contributed by atoms with van der Waals surface area (Å²) in [5, 5.41) is 27.5. The van der Waals surface area contributed by atoms with Crippen molar-refractivity contribution in [2.75, 3.05) is 7.11 Å². The molecule has 0 aromatic carbocycles. The number of methoxy groups -OCH3 is 1. The van der Waals surface area contributed by atoms with E-state index in [2.05, 4.69) is 0 Å². The lowest BCUT2D eigenvalue weighted by Gasteiger charge is -2.20. The van der Waals surface area contributed by atoms with Crippen LogP contribution >= 0.6 is 0 Å². The minimum Gasteiger partial charge on any atom is -0.391 e. The van der Waals surface area contributed by atoms with E-state index in [0.29, 0.717) is 0 Å². The summed E-state index contributed by atoms with van der Waals surface area (Å²) < 4.78 is 9.74. The highest BCUT2D eigenvalue weighted by Crippen LogP contribution is 2.24. The summed E-state index contributed by atoms with van der Waals surface area (Å²) in [4.78, 5) is 0. The monoisotopic (exact) mass is 178 g/mol. The fraction of sp³-hybridized carbons (Fsp3) is 1.00. The molecule has 0 unspecified atom stereocenters. The fourth-order valence-electron chi connectivity index (χ4n) is 1.34. The molecule has 0 amide bonds. The maximum atomic E-state index is 9.27. The van der Waals surface area contributed by atoms with Gasteiger partial charge in [0, 0.05) is 7.11 Å². The van der Waals surface area contributed by atoms with Crippen LogP contribution in [0.5, 0.6) is 0 Å². The smallest absolute Gasteiger partial charge is 0.184 e. The van der Waals surface area contributed by atoms with Crippen LogP contribution in [0.1, 0.15) is 6.92 Å². The lowest BCUT2D eigenvalue weighted by molar-refractivity contribution is -0.143. The lowest BCUT2D eigenvalue weighted by atomic mass is 10.1. The zero-order chi connectivity index (χ0) is 9.30. The van der Waals surface area contributed by atoms with Crippen molar-refractivity contribution in [2.24, 2.45) is 0 Å². The summed E-state index contributed by atoms with van der Waals surface area (Å²) in [5.74, 6) is 0. The van der Waals surface area contributed by atoms with Crippen LogP contribution in [0.15, 0.2) is 0 Å². The highest BCUT2D eigenvalue weighted by molar-refractivity contribution is 4.89. The van der Waals surface area contributed by atoms with Gasteiger partial charge in [0.25, 0.3) is 0 Å². The van der Waals surface area contributed by atoms with Gasteiger partial charge in [-0.3, -0.25) is 0 Å². The first-order valence-corrected chi connectivity index (χ1v) is 3.80. The molecule has 1 rings (SSSR count). The second kappa shape index (κ2) is 3.68. The van der Waals surface area contributed by atoms with Crippen LogP contribution < -0.4 is 0 Å². The van der Waals surface area contributed by atoms with Crippen molar-refractivity contribution < 1.29 is 24.8 Å². The van der Waals surface area contributed by atoms with Crippen molar-refractivity contribution in [3.05, 3.63) is 0 Å². The Balaban J connectivity index is 2.65. The number of rotatable bonds is 2. The number of aliphatic hydroxyl groups excluding tert-OH is 3. The van der Waals surface area contributed by atoms with Gasteiger partial charge >= 0.3 is 0 Å². The molecule has 0 spiro atoms. The maximum Gasteiger partial charge on any atom is 0.184 e. The molecule has 0 radical (unpaired) electrons. The molecule has 1 aliphatic rings. The first kappa shape index (κ1) is 9.88. The molecule has 0 bridgehead atoms. The molecule has 1 fully saturated rings. The van der Waals surface area contributed by atoms with Gasteiger partial charge in [-0.05, 0) is 6.92 Å². The summed E-state index contributed by atoms with van der Waals surface area (Å²) in [6, 6.07) is 0. The molecule has 3 N–H and O–H groups in total. The summed E-state index contributed by atoms with van der Waals surface area (Å²) in [5.41, 5.74) is 0. The highest BCUT2D eigenvalue weighted by Gasteiger charge is 2.45. The molecule has 72 valence electrons. The molecule has 0 aromatic rings. The van der Waals surface area contributed by atoms with Crippen molar-refractivity contribution in [1.82, 2.24) is 0 Å². The first-order valence-electron chi connectivity index (χ1n) is 3.80. The van der Waals surface area contributed by atoms with Crippen LogP contribution in [0.4, 0.5) is 0 Å². The van der Waals surface area contributed by atoms with E-state index in [1.807, 2.05) is 0 Å². The van der Waals surface area contributed by atoms with Crippen LogP contribution in [-0.4, -0.2) is 53.1 Å². The summed E-state index contributed by atoms with van der Waals surface area (Å²) in [6.45, 7) is 1.52. The average molecular weight is 178 g/mol. The van der Waals surface area contributed by atoms with Gasteiger partial charge in [0.2, 0.25) is 0 Å². The van der Waals surface area contributed by atoms with E-state index < -0.39 is 30.7 Å². The van der Waals surface area contributed by atoms with Crippen LogP contribution in [0.3, 0.4) is 0 Å². The quantitative estimate of drug-likeness (QED) is 0.477. The van der Waals surface area contributed by atoms with E-state index in [1.165, 1.54) is 14.0 Å². The Labute approximate surface area is 70.5 Å². The van der Waals surface area contributed by atoms with E-state index in [-0.39, 0.29) is 0 Å². The van der Waals surface area contributed by atoms with Gasteiger partial charge in [0.15, 0.2) is 6.29 Å². The second-order valence-electron chi connectivity index (χ2n) is 2.92. The summed E-state index contributed by atoms with van der Waals surface area (Å²) >= 11 is 0. The predicted molar refractivity (Wildman–Crippen MR) is 39.4 cm³/mol. The Hall–Kier alpha value is -0.200. The van der Waals surface area contributed by atoms with Crippen molar-refractivity contribution in [3.8, 4) is 0 Å². The number of hydrogen-bond acceptors (Lipinski definition) is 5. The minimum absolute atomic E-state index is 0.667. The van der Waals surface area contributed by atoms with Gasteiger partial charge in [-0.25, -0.2) is 0 Å². The highest BCUT2D eigenvalue weighted by atomic mass is 16.7. The van der Waals surface area contributed by atoms with E-state index in [0.717, 1.165) is 0 Å². The van der Waals surface area contributed by atoms with Gasteiger partial charge in [-0.2, -0.15) is 0 Å². The molecule has 1 heterocycles. The topological polar surface area (TPSA) is 79.2 Å². The van der Waals surface area contributed by atoms with E-state index in [4.69, 9.17) is 19.7 Å². The third-order valence-electron chi connectivity index (χ3n) is 2.00. The molecule has 0 aliphatic carbocycles. The SMILES string of the molecule is CO[C@H]1[C@@H](O)[C@@H](O)O[C@H]1[C@H](C)O. The molecule has 5 nitrogen and oxygen atoms in total. The number of ether oxygens (including phenoxy) is 2. The van der Waals surface area contributed by atoms with Gasteiger partial charge in [-0.1, -0.05) is 0 Å². The Morgan fingerprint density at radius 3 is 2.33 bits per heavy atom. The van der Waals surface area contributed by atoms with Crippen molar-refractivity contribution in [2.45, 2.75) is 37.6 Å². The number of aliphatic hydroxyl groups is 3. The van der Waals surface area contributed by atoms with Gasteiger partial charge in [0.05, 0.1) is 6.10 Å². The van der Waals surface area contributed by atoms with E-state index in [9.17, 15) is 5.11 Å². The Bertz CT molecular complexity index is 149. The van der Waals surface area contributed by atoms with Gasteiger partial charge in [0.1, 0.15) is 18.3 Å². The zero-order valence-corrected chi connectivity index (χ0v) is 7.04. The minimum atomic E-state index is -1.27. The lowest BCUT2D eigenvalue weighted by Crippen LogP contribution is -2.39. The van der Waals surface area contributed by atoms with Crippen molar-refractivity contribution in [1.29, 1.82) is 0 Å². The van der Waals surface area contributed by atoms with E-state index in [1.54, 1.807) is 0 Å². The van der Waals surface area contributed by atoms with Crippen LogP contribution in [0.2, 0.25) is 0 Å². The van der Waals surface area contributed by atoms with Crippen LogP contribution in [-0.2, 0) is 9.47 Å². The Morgan fingerprint density at radius 1 is 1.42 bits per heavy atom. The fourth-order valence-corrected chi connectivity index (χ4v) is 1.34. The summed E-state index contributed by atoms with van der Waals surface area (Å²) in [7, 11) is 1.39. The second-order valence-corrected chi connectivity index (χ2v) is 2.92. The van der Waals surface area contributed by atoms with Crippen LogP contribution in [0, 0.1) is 0 Å². The van der Waals surface area contributed by atoms with Gasteiger partial charge in [-0.15, -0.1) is 0 Å². The maximum absolute atomic E-state index is 9.27. The normalized spacial score (nSPS) is 44.8. The van der Waals surface area contributed by atoms with Crippen molar-refractivity contribution >= 4 is 0 Å². The zero-order valence-electron chi connectivity index (χ0n) is 7.04. The molecule has 1 saturated heterocycles. The van der Waals surface area contributed by atoms with Gasteiger partial charge < -0.3 is 24.8 Å².